The van der Waals surface area contributed by atoms with E-state index in [1.165, 1.54) is 0 Å². The second kappa shape index (κ2) is 3.84. The van der Waals surface area contributed by atoms with Crippen LogP contribution >= 0.6 is 0 Å². The molecule has 0 saturated carbocycles. The average Bonchev–Trinajstić information content (AvgIpc) is 2.69. The molecule has 1 aromatic heterocycles. The molecule has 0 bridgehead atoms. The van der Waals surface area contributed by atoms with Crippen molar-refractivity contribution in [2.45, 2.75) is 20.8 Å². The molecular formula is C14H15NO2. The van der Waals surface area contributed by atoms with Crippen LogP contribution in [0.3, 0.4) is 0 Å². The lowest BCUT2D eigenvalue weighted by atomic mass is 9.95. The number of nitrogens with zero attached hydrogens (tertiary/aromatic N) is 1. The standard InChI is InChI=1S/C14H15NO2/c1-14(2,3)13(17)15-7-6-11-8-10(9-16)4-5-12(11)15/h4-9H,1-3H3. The third-order valence-corrected chi connectivity index (χ3v) is 2.71. The summed E-state index contributed by atoms with van der Waals surface area (Å²) < 4.78 is 1.64. The summed E-state index contributed by atoms with van der Waals surface area (Å²) in [6, 6.07) is 7.17. The maximum absolute atomic E-state index is 12.2. The van der Waals surface area contributed by atoms with E-state index < -0.39 is 5.41 Å². The van der Waals surface area contributed by atoms with Crippen LogP contribution in [0.15, 0.2) is 30.5 Å². The number of fused-ring (bicyclic) bond motifs is 1. The Bertz CT molecular complexity index is 588. The molecule has 3 heteroatoms. The molecule has 1 aromatic carbocycles. The predicted octanol–water partition coefficient (Wildman–Crippen LogP) is 3.14. The van der Waals surface area contributed by atoms with Crippen molar-refractivity contribution in [3.63, 3.8) is 0 Å². The SMILES string of the molecule is CC(C)(C)C(=O)n1ccc2cc(C=O)ccc21. The summed E-state index contributed by atoms with van der Waals surface area (Å²) in [6.45, 7) is 5.67. The Hall–Kier alpha value is -1.90. The van der Waals surface area contributed by atoms with E-state index in [0.29, 0.717) is 5.56 Å². The topological polar surface area (TPSA) is 39.1 Å². The van der Waals surface area contributed by atoms with Crippen LogP contribution in [0.4, 0.5) is 0 Å². The molecular weight excluding hydrogens is 214 g/mol. The van der Waals surface area contributed by atoms with Gasteiger partial charge in [0.2, 0.25) is 5.91 Å². The predicted molar refractivity (Wildman–Crippen MR) is 67.4 cm³/mol. The molecule has 88 valence electrons. The summed E-state index contributed by atoms with van der Waals surface area (Å²) in [5, 5.41) is 0.909. The zero-order valence-electron chi connectivity index (χ0n) is 10.2. The molecule has 0 radical (unpaired) electrons. The Morgan fingerprint density at radius 2 is 1.94 bits per heavy atom. The Kier molecular flexibility index (Phi) is 2.62. The number of rotatable bonds is 1. The van der Waals surface area contributed by atoms with E-state index in [0.717, 1.165) is 17.2 Å². The first-order chi connectivity index (χ1) is 7.93. The Labute approximate surface area is 100 Å². The van der Waals surface area contributed by atoms with E-state index >= 15 is 0 Å². The lowest BCUT2D eigenvalue weighted by molar-refractivity contribution is 0.0772. The van der Waals surface area contributed by atoms with Gasteiger partial charge >= 0.3 is 0 Å². The smallest absolute Gasteiger partial charge is 0.236 e. The van der Waals surface area contributed by atoms with Crippen LogP contribution < -0.4 is 0 Å². The fraction of sp³-hybridized carbons (Fsp3) is 0.286. The van der Waals surface area contributed by atoms with Crippen LogP contribution in [0.25, 0.3) is 10.9 Å². The Balaban J connectivity index is 2.58. The van der Waals surface area contributed by atoms with Gasteiger partial charge in [0.25, 0.3) is 0 Å². The molecule has 0 aliphatic carbocycles. The quantitative estimate of drug-likeness (QED) is 0.705. The van der Waals surface area contributed by atoms with E-state index in [-0.39, 0.29) is 5.91 Å². The first-order valence-electron chi connectivity index (χ1n) is 5.54. The van der Waals surface area contributed by atoms with Gasteiger partial charge in [-0.1, -0.05) is 20.8 Å². The van der Waals surface area contributed by atoms with Crippen LogP contribution in [0, 0.1) is 5.41 Å². The van der Waals surface area contributed by atoms with Gasteiger partial charge in [-0.05, 0) is 24.3 Å². The minimum atomic E-state index is -0.421. The summed E-state index contributed by atoms with van der Waals surface area (Å²) in [4.78, 5) is 22.9. The van der Waals surface area contributed by atoms with Crippen molar-refractivity contribution < 1.29 is 9.59 Å². The van der Waals surface area contributed by atoms with Crippen LogP contribution in [-0.4, -0.2) is 16.8 Å². The van der Waals surface area contributed by atoms with Crippen molar-refractivity contribution in [1.29, 1.82) is 0 Å². The number of carbonyl (C=O) groups is 2. The lowest BCUT2D eigenvalue weighted by Gasteiger charge is -2.17. The molecule has 0 aliphatic rings. The molecule has 2 aromatic rings. The van der Waals surface area contributed by atoms with E-state index in [9.17, 15) is 9.59 Å². The van der Waals surface area contributed by atoms with Gasteiger partial charge in [0.1, 0.15) is 6.29 Å². The Morgan fingerprint density at radius 3 is 2.53 bits per heavy atom. The van der Waals surface area contributed by atoms with Crippen molar-refractivity contribution in [3.8, 4) is 0 Å². The van der Waals surface area contributed by atoms with Gasteiger partial charge in [0.05, 0.1) is 5.52 Å². The molecule has 0 N–H and O–H groups in total. The van der Waals surface area contributed by atoms with E-state index in [2.05, 4.69) is 0 Å². The second-order valence-electron chi connectivity index (χ2n) is 5.18. The van der Waals surface area contributed by atoms with Gasteiger partial charge in [-0.2, -0.15) is 0 Å². The van der Waals surface area contributed by atoms with Gasteiger partial charge in [-0.25, -0.2) is 0 Å². The van der Waals surface area contributed by atoms with E-state index in [1.807, 2.05) is 32.9 Å². The highest BCUT2D eigenvalue weighted by atomic mass is 16.2. The Morgan fingerprint density at radius 1 is 1.24 bits per heavy atom. The summed E-state index contributed by atoms with van der Waals surface area (Å²) in [5.41, 5.74) is 1.05. The average molecular weight is 229 g/mol. The molecule has 3 nitrogen and oxygen atoms in total. The molecule has 17 heavy (non-hydrogen) atoms. The summed E-state index contributed by atoms with van der Waals surface area (Å²) in [5.74, 6) is 0.0475. The summed E-state index contributed by atoms with van der Waals surface area (Å²) in [7, 11) is 0. The van der Waals surface area contributed by atoms with Gasteiger partial charge in [-0.15, -0.1) is 0 Å². The molecule has 0 amide bonds. The summed E-state index contributed by atoms with van der Waals surface area (Å²) in [6.07, 6.45) is 2.56. The number of hydrogen-bond acceptors (Lipinski definition) is 2. The first kappa shape index (κ1) is 11.6. The van der Waals surface area contributed by atoms with Crippen LogP contribution in [0.5, 0.6) is 0 Å². The maximum Gasteiger partial charge on any atom is 0.236 e. The van der Waals surface area contributed by atoms with Crippen molar-refractivity contribution in [2.24, 2.45) is 5.41 Å². The van der Waals surface area contributed by atoms with E-state index in [1.54, 1.807) is 22.9 Å². The largest absolute Gasteiger partial charge is 0.298 e. The molecule has 0 spiro atoms. The minimum Gasteiger partial charge on any atom is -0.298 e. The normalized spacial score (nSPS) is 11.7. The number of hydrogen-bond donors (Lipinski definition) is 0. The minimum absolute atomic E-state index is 0.0475. The fourth-order valence-electron chi connectivity index (χ4n) is 1.77. The molecule has 0 saturated heterocycles. The molecule has 2 rings (SSSR count). The van der Waals surface area contributed by atoms with Crippen LogP contribution in [0.1, 0.15) is 35.9 Å². The lowest BCUT2D eigenvalue weighted by Crippen LogP contribution is -2.25. The van der Waals surface area contributed by atoms with Crippen molar-refractivity contribution in [2.75, 3.05) is 0 Å². The third-order valence-electron chi connectivity index (χ3n) is 2.71. The zero-order valence-corrected chi connectivity index (χ0v) is 10.2. The number of aromatic nitrogens is 1. The highest BCUT2D eigenvalue weighted by molar-refractivity contribution is 5.96. The second-order valence-corrected chi connectivity index (χ2v) is 5.18. The van der Waals surface area contributed by atoms with Gasteiger partial charge in [0.15, 0.2) is 0 Å². The molecule has 0 fully saturated rings. The monoisotopic (exact) mass is 229 g/mol. The number of benzene rings is 1. The number of aldehydes is 1. The van der Waals surface area contributed by atoms with Gasteiger partial charge in [0, 0.05) is 22.6 Å². The highest BCUT2D eigenvalue weighted by Gasteiger charge is 2.23. The zero-order chi connectivity index (χ0) is 12.6. The third kappa shape index (κ3) is 2.00. The van der Waals surface area contributed by atoms with Crippen LogP contribution in [0.2, 0.25) is 0 Å². The van der Waals surface area contributed by atoms with E-state index in [4.69, 9.17) is 0 Å². The highest BCUT2D eigenvalue weighted by Crippen LogP contribution is 2.22. The number of carbonyl (C=O) groups excluding carboxylic acids is 2. The molecule has 0 atom stereocenters. The van der Waals surface area contributed by atoms with Crippen LogP contribution in [-0.2, 0) is 0 Å². The van der Waals surface area contributed by atoms with Gasteiger partial charge < -0.3 is 0 Å². The maximum atomic E-state index is 12.2. The molecule has 0 aliphatic heterocycles. The van der Waals surface area contributed by atoms with Crippen molar-refractivity contribution in [3.05, 3.63) is 36.0 Å². The molecule has 1 heterocycles. The van der Waals surface area contributed by atoms with Gasteiger partial charge in [-0.3, -0.25) is 14.2 Å². The first-order valence-corrected chi connectivity index (χ1v) is 5.54. The molecule has 0 unspecified atom stereocenters. The van der Waals surface area contributed by atoms with Crippen molar-refractivity contribution in [1.82, 2.24) is 4.57 Å². The fourth-order valence-corrected chi connectivity index (χ4v) is 1.77. The summed E-state index contributed by atoms with van der Waals surface area (Å²) >= 11 is 0. The van der Waals surface area contributed by atoms with Crippen molar-refractivity contribution >= 4 is 23.1 Å².